The van der Waals surface area contributed by atoms with Crippen molar-refractivity contribution in [3.05, 3.63) is 43.6 Å². The lowest BCUT2D eigenvalue weighted by atomic mass is 10.3. The van der Waals surface area contributed by atoms with Crippen LogP contribution in [-0.4, -0.2) is 9.97 Å². The lowest BCUT2D eigenvalue weighted by Crippen LogP contribution is -1.97. The summed E-state index contributed by atoms with van der Waals surface area (Å²) in [5.41, 5.74) is 0.799. The summed E-state index contributed by atoms with van der Waals surface area (Å²) in [6.45, 7) is 0. The summed E-state index contributed by atoms with van der Waals surface area (Å²) < 4.78 is 1.48. The molecule has 0 fully saturated rings. The van der Waals surface area contributed by atoms with E-state index < -0.39 is 0 Å². The topological polar surface area (TPSA) is 37.8 Å². The highest BCUT2D eigenvalue weighted by Gasteiger charge is 2.08. The number of hydrogen-bond donors (Lipinski definition) is 1. The van der Waals surface area contributed by atoms with E-state index in [4.69, 9.17) is 23.2 Å². The molecule has 0 aliphatic rings. The van der Waals surface area contributed by atoms with Crippen molar-refractivity contribution in [3.63, 3.8) is 0 Å². The Hall–Kier alpha value is -0.360. The summed E-state index contributed by atoms with van der Waals surface area (Å²) in [6, 6.07) is 5.50. The zero-order chi connectivity index (χ0) is 12.4. The Bertz CT molecular complexity index is 563. The molecule has 1 N–H and O–H groups in total. The van der Waals surface area contributed by atoms with E-state index in [1.54, 1.807) is 12.3 Å². The summed E-state index contributed by atoms with van der Waals surface area (Å²) in [5, 5.41) is 3.90. The third-order valence-corrected chi connectivity index (χ3v) is 4.08. The molecular formula is C10H5Br2Cl2N3. The van der Waals surface area contributed by atoms with Gasteiger partial charge in [0.15, 0.2) is 0 Å². The molecule has 0 aliphatic heterocycles. The number of hydrogen-bond acceptors (Lipinski definition) is 3. The highest BCUT2D eigenvalue weighted by atomic mass is 79.9. The van der Waals surface area contributed by atoms with Crippen molar-refractivity contribution in [2.24, 2.45) is 0 Å². The monoisotopic (exact) mass is 395 g/mol. The van der Waals surface area contributed by atoms with E-state index in [0.29, 0.717) is 15.3 Å². The van der Waals surface area contributed by atoms with Gasteiger partial charge in [0.1, 0.15) is 5.82 Å². The zero-order valence-electron chi connectivity index (χ0n) is 8.22. The van der Waals surface area contributed by atoms with Gasteiger partial charge < -0.3 is 5.32 Å². The van der Waals surface area contributed by atoms with Crippen LogP contribution in [0, 0.1) is 0 Å². The van der Waals surface area contributed by atoms with Gasteiger partial charge in [-0.3, -0.25) is 0 Å². The maximum Gasteiger partial charge on any atom is 0.224 e. The smallest absolute Gasteiger partial charge is 0.224 e. The molecule has 0 spiro atoms. The van der Waals surface area contributed by atoms with Gasteiger partial charge in [0.05, 0.1) is 19.7 Å². The van der Waals surface area contributed by atoms with Crippen molar-refractivity contribution >= 4 is 66.6 Å². The molecule has 2 rings (SSSR count). The van der Waals surface area contributed by atoms with Crippen LogP contribution in [0.3, 0.4) is 0 Å². The zero-order valence-corrected chi connectivity index (χ0v) is 12.9. The van der Waals surface area contributed by atoms with Crippen molar-refractivity contribution in [3.8, 4) is 0 Å². The number of benzene rings is 1. The van der Waals surface area contributed by atoms with Crippen LogP contribution in [0.5, 0.6) is 0 Å². The fourth-order valence-electron chi connectivity index (χ4n) is 1.16. The lowest BCUT2D eigenvalue weighted by molar-refractivity contribution is 1.15. The maximum atomic E-state index is 5.99. The van der Waals surface area contributed by atoms with Crippen LogP contribution < -0.4 is 5.32 Å². The van der Waals surface area contributed by atoms with Crippen LogP contribution in [0.25, 0.3) is 0 Å². The normalized spacial score (nSPS) is 10.4. The molecular weight excluding hydrogens is 393 g/mol. The Labute approximate surface area is 125 Å². The quantitative estimate of drug-likeness (QED) is 0.720. The minimum absolute atomic E-state index is 0.175. The third-order valence-electron chi connectivity index (χ3n) is 1.92. The molecule has 2 aromatic rings. The van der Waals surface area contributed by atoms with E-state index in [1.807, 2.05) is 12.1 Å². The van der Waals surface area contributed by atoms with Gasteiger partial charge in [-0.2, -0.15) is 4.98 Å². The van der Waals surface area contributed by atoms with Crippen molar-refractivity contribution in [2.45, 2.75) is 0 Å². The van der Waals surface area contributed by atoms with Crippen LogP contribution in [0.1, 0.15) is 0 Å². The van der Waals surface area contributed by atoms with Crippen molar-refractivity contribution < 1.29 is 0 Å². The third kappa shape index (κ3) is 3.10. The average molecular weight is 398 g/mol. The summed E-state index contributed by atoms with van der Waals surface area (Å²) in [5.74, 6) is 0.577. The number of anilines is 2. The Morgan fingerprint density at radius 3 is 2.71 bits per heavy atom. The van der Waals surface area contributed by atoms with Crippen molar-refractivity contribution in [2.75, 3.05) is 5.32 Å². The lowest BCUT2D eigenvalue weighted by Gasteiger charge is -2.10. The Kier molecular flexibility index (Phi) is 4.25. The SMILES string of the molecule is Clc1ncc(Br)c(Nc2cccc(Cl)c2Br)n1. The maximum absolute atomic E-state index is 5.99. The molecule has 0 saturated heterocycles. The molecule has 1 aromatic heterocycles. The van der Waals surface area contributed by atoms with Crippen LogP contribution in [-0.2, 0) is 0 Å². The first-order valence-electron chi connectivity index (χ1n) is 4.47. The number of nitrogens with one attached hydrogen (secondary N) is 1. The Morgan fingerprint density at radius 1 is 1.18 bits per heavy atom. The van der Waals surface area contributed by atoms with Gasteiger partial charge in [-0.1, -0.05) is 17.7 Å². The predicted molar refractivity (Wildman–Crippen MR) is 77.2 cm³/mol. The number of rotatable bonds is 2. The van der Waals surface area contributed by atoms with Gasteiger partial charge in [0.25, 0.3) is 0 Å². The van der Waals surface area contributed by atoms with Crippen LogP contribution in [0.2, 0.25) is 10.3 Å². The predicted octanol–water partition coefficient (Wildman–Crippen LogP) is 5.05. The highest BCUT2D eigenvalue weighted by molar-refractivity contribution is 9.11. The summed E-state index contributed by atoms with van der Waals surface area (Å²) in [6.07, 6.45) is 1.58. The minimum Gasteiger partial charge on any atom is -0.338 e. The fourth-order valence-corrected chi connectivity index (χ4v) is 2.12. The number of nitrogens with zero attached hydrogens (tertiary/aromatic N) is 2. The van der Waals surface area contributed by atoms with Gasteiger partial charge in [-0.05, 0) is 55.6 Å². The molecule has 1 heterocycles. The van der Waals surface area contributed by atoms with Crippen LogP contribution >= 0.6 is 55.1 Å². The Morgan fingerprint density at radius 2 is 1.94 bits per heavy atom. The second-order valence-corrected chi connectivity index (χ2v) is 5.45. The molecule has 17 heavy (non-hydrogen) atoms. The molecule has 0 bridgehead atoms. The highest BCUT2D eigenvalue weighted by Crippen LogP contribution is 2.33. The van der Waals surface area contributed by atoms with E-state index in [0.717, 1.165) is 10.2 Å². The molecule has 1 aromatic carbocycles. The number of aromatic nitrogens is 2. The summed E-state index contributed by atoms with van der Waals surface area (Å²) >= 11 is 18.5. The fraction of sp³-hybridized carbons (Fsp3) is 0. The van der Waals surface area contributed by atoms with E-state index in [9.17, 15) is 0 Å². The average Bonchev–Trinajstić information content (AvgIpc) is 2.30. The number of halogens is 4. The van der Waals surface area contributed by atoms with E-state index in [-0.39, 0.29) is 5.28 Å². The van der Waals surface area contributed by atoms with Crippen LogP contribution in [0.15, 0.2) is 33.3 Å². The van der Waals surface area contributed by atoms with Gasteiger partial charge >= 0.3 is 0 Å². The van der Waals surface area contributed by atoms with E-state index in [2.05, 4.69) is 47.1 Å². The first kappa shape index (κ1) is 13.1. The molecule has 7 heteroatoms. The van der Waals surface area contributed by atoms with Crippen molar-refractivity contribution in [1.29, 1.82) is 0 Å². The van der Waals surface area contributed by atoms with Gasteiger partial charge in [0, 0.05) is 6.20 Å². The van der Waals surface area contributed by atoms with E-state index in [1.165, 1.54) is 0 Å². The molecule has 0 atom stereocenters. The first-order chi connectivity index (χ1) is 8.08. The van der Waals surface area contributed by atoms with Gasteiger partial charge in [-0.25, -0.2) is 4.98 Å². The summed E-state index contributed by atoms with van der Waals surface area (Å²) in [4.78, 5) is 7.92. The first-order valence-corrected chi connectivity index (χ1v) is 6.81. The second-order valence-electron chi connectivity index (χ2n) is 3.06. The molecule has 0 saturated carbocycles. The molecule has 0 aliphatic carbocycles. The van der Waals surface area contributed by atoms with E-state index >= 15 is 0 Å². The van der Waals surface area contributed by atoms with Gasteiger partial charge in [-0.15, -0.1) is 0 Å². The van der Waals surface area contributed by atoms with Crippen molar-refractivity contribution in [1.82, 2.24) is 9.97 Å². The molecule has 0 unspecified atom stereocenters. The second kappa shape index (κ2) is 5.52. The standard InChI is InChI=1S/C10H5Br2Cl2N3/c11-5-4-15-10(14)17-9(5)16-7-3-1-2-6(13)8(7)12/h1-4H,(H,15,16,17). The molecule has 88 valence electrons. The summed E-state index contributed by atoms with van der Waals surface area (Å²) in [7, 11) is 0. The molecule has 0 amide bonds. The molecule has 3 nitrogen and oxygen atoms in total. The van der Waals surface area contributed by atoms with Gasteiger partial charge in [0.2, 0.25) is 5.28 Å². The molecule has 0 radical (unpaired) electrons. The largest absolute Gasteiger partial charge is 0.338 e. The Balaban J connectivity index is 2.38. The minimum atomic E-state index is 0.175. The van der Waals surface area contributed by atoms with Crippen LogP contribution in [0.4, 0.5) is 11.5 Å².